The first-order chi connectivity index (χ1) is 36.4. The van der Waals surface area contributed by atoms with Crippen LogP contribution in [0.25, 0.3) is 0 Å². The third-order valence-electron chi connectivity index (χ3n) is 18.5. The van der Waals surface area contributed by atoms with Crippen molar-refractivity contribution in [3.8, 4) is 0 Å². The highest BCUT2D eigenvalue weighted by Crippen LogP contribution is 2.73. The van der Waals surface area contributed by atoms with E-state index in [4.69, 9.17) is 47.7 Å². The van der Waals surface area contributed by atoms with Crippen LogP contribution in [0.5, 0.6) is 0 Å². The van der Waals surface area contributed by atoms with E-state index < -0.39 is 209 Å². The monoisotopic (exact) mass is 1120 g/mol. The number of aliphatic hydroxyl groups is 18. The average Bonchev–Trinajstić information content (AvgIpc) is 3.69. The molecule has 28 nitrogen and oxygen atoms in total. The molecule has 4 aliphatic heterocycles. The zero-order valence-corrected chi connectivity index (χ0v) is 42.8. The highest BCUT2D eigenvalue weighted by atomic mass is 16.8. The molecular weight excluding hydrogens is 1040 g/mol. The van der Waals surface area contributed by atoms with Gasteiger partial charge in [0.1, 0.15) is 97.7 Å². The van der Waals surface area contributed by atoms with Gasteiger partial charge in [-0.3, -0.25) is 4.79 Å². The van der Waals surface area contributed by atoms with Crippen LogP contribution in [-0.2, 0) is 47.4 Å². The number of rotatable bonds is 18. The highest BCUT2D eigenvalue weighted by Gasteiger charge is 2.69. The second-order valence-corrected chi connectivity index (χ2v) is 23.0. The van der Waals surface area contributed by atoms with E-state index in [9.17, 15) is 86.8 Å². The summed E-state index contributed by atoms with van der Waals surface area (Å²) < 4.78 is 53.5. The van der Waals surface area contributed by atoms with Gasteiger partial charge in [0, 0.05) is 13.0 Å². The SMILES string of the molecule is C[C@@]1(C(=O)OC2OC(CO)C(O)C(OC3OC(CO)C(O)C(O)C3O)C2OC2OC(CO)C(O)C(O)C2O)CCC[C@]2(C)C1CCC13CCC(OC4OC(CO)C(O)C(OC(O)/C(O)=C(\O)C(O)CCO)C4O)(CC[C@H]12)C3. The second-order valence-electron chi connectivity index (χ2n) is 23.0. The van der Waals surface area contributed by atoms with E-state index in [0.29, 0.717) is 64.2 Å². The summed E-state index contributed by atoms with van der Waals surface area (Å²) in [5, 5.41) is 189. The van der Waals surface area contributed by atoms with Crippen molar-refractivity contribution in [3.05, 3.63) is 11.5 Å². The van der Waals surface area contributed by atoms with Gasteiger partial charge in [0.05, 0.1) is 37.4 Å². The minimum Gasteiger partial charge on any atom is -0.506 e. The van der Waals surface area contributed by atoms with Crippen molar-refractivity contribution >= 4 is 5.97 Å². The van der Waals surface area contributed by atoms with Gasteiger partial charge in [0.15, 0.2) is 36.5 Å². The van der Waals surface area contributed by atoms with Gasteiger partial charge in [-0.1, -0.05) is 13.3 Å². The van der Waals surface area contributed by atoms with Gasteiger partial charge in [-0.15, -0.1) is 0 Å². The summed E-state index contributed by atoms with van der Waals surface area (Å²) in [5.74, 6) is -3.46. The van der Waals surface area contributed by atoms with Crippen molar-refractivity contribution < 1.29 is 139 Å². The molecule has 0 aromatic rings. The van der Waals surface area contributed by atoms with Crippen molar-refractivity contribution in [1.82, 2.24) is 0 Å². The maximum Gasteiger partial charge on any atom is 0.314 e. The summed E-state index contributed by atoms with van der Waals surface area (Å²) in [6, 6.07) is 0. The van der Waals surface area contributed by atoms with Gasteiger partial charge in [0.2, 0.25) is 12.6 Å². The van der Waals surface area contributed by atoms with E-state index in [-0.39, 0.29) is 17.3 Å². The minimum absolute atomic E-state index is 0.0119. The maximum atomic E-state index is 15.2. The molecule has 4 heterocycles. The fraction of sp³-hybridized carbons (Fsp3) is 0.939. The number of carbonyl (C=O) groups excluding carboxylic acids is 1. The van der Waals surface area contributed by atoms with E-state index in [2.05, 4.69) is 6.92 Å². The summed E-state index contributed by atoms with van der Waals surface area (Å²) in [5.41, 5.74) is -2.98. The van der Waals surface area contributed by atoms with Crippen molar-refractivity contribution in [1.29, 1.82) is 0 Å². The summed E-state index contributed by atoms with van der Waals surface area (Å²) in [4.78, 5) is 15.2. The molecule has 8 fully saturated rings. The van der Waals surface area contributed by atoms with Crippen molar-refractivity contribution in [2.75, 3.05) is 33.0 Å². The number of hydrogen-bond acceptors (Lipinski definition) is 28. The zero-order chi connectivity index (χ0) is 56.3. The van der Waals surface area contributed by atoms with Crippen LogP contribution in [0.4, 0.5) is 0 Å². The van der Waals surface area contributed by atoms with E-state index >= 15 is 4.79 Å². The van der Waals surface area contributed by atoms with Crippen molar-refractivity contribution in [2.45, 2.75) is 225 Å². The number of ether oxygens (including phenoxy) is 9. The summed E-state index contributed by atoms with van der Waals surface area (Å²) >= 11 is 0. The molecule has 28 atom stereocenters. The molecule has 0 aromatic heterocycles. The lowest BCUT2D eigenvalue weighted by Gasteiger charge is -2.64. The molecule has 8 rings (SSSR count). The van der Waals surface area contributed by atoms with Crippen LogP contribution in [-0.4, -0.2) is 272 Å². The molecule has 0 radical (unpaired) electrons. The first-order valence-corrected chi connectivity index (χ1v) is 26.5. The molecule has 25 unspecified atom stereocenters. The van der Waals surface area contributed by atoms with Crippen LogP contribution in [0.15, 0.2) is 11.5 Å². The number of esters is 1. The highest BCUT2D eigenvalue weighted by molar-refractivity contribution is 5.77. The van der Waals surface area contributed by atoms with Gasteiger partial charge in [-0.05, 0) is 87.4 Å². The number of aliphatic hydroxyl groups excluding tert-OH is 18. The summed E-state index contributed by atoms with van der Waals surface area (Å²) in [6.45, 7) is -0.0695. The predicted molar refractivity (Wildman–Crippen MR) is 249 cm³/mol. The Morgan fingerprint density at radius 2 is 1.06 bits per heavy atom. The molecule has 444 valence electrons. The quantitative estimate of drug-likeness (QED) is 0.0263. The molecule has 4 saturated heterocycles. The zero-order valence-electron chi connectivity index (χ0n) is 42.8. The number of fused-ring (bicyclic) bond motifs is 3. The Labute approximate surface area is 442 Å². The van der Waals surface area contributed by atoms with E-state index in [0.717, 1.165) is 0 Å². The lowest BCUT2D eigenvalue weighted by Crippen LogP contribution is -2.67. The van der Waals surface area contributed by atoms with E-state index in [1.54, 1.807) is 6.92 Å². The first kappa shape index (κ1) is 60.9. The van der Waals surface area contributed by atoms with Crippen molar-refractivity contribution in [2.24, 2.45) is 28.1 Å². The summed E-state index contributed by atoms with van der Waals surface area (Å²) in [7, 11) is 0. The van der Waals surface area contributed by atoms with Crippen LogP contribution < -0.4 is 0 Å². The maximum absolute atomic E-state index is 15.2. The molecule has 18 N–H and O–H groups in total. The Balaban J connectivity index is 1.01. The van der Waals surface area contributed by atoms with Crippen LogP contribution in [0.2, 0.25) is 0 Å². The van der Waals surface area contributed by atoms with Crippen molar-refractivity contribution in [3.63, 3.8) is 0 Å². The third kappa shape index (κ3) is 11.2. The smallest absolute Gasteiger partial charge is 0.314 e. The van der Waals surface area contributed by atoms with Gasteiger partial charge in [-0.2, -0.15) is 0 Å². The van der Waals surface area contributed by atoms with Gasteiger partial charge in [0.25, 0.3) is 0 Å². The fourth-order valence-electron chi connectivity index (χ4n) is 14.4. The van der Waals surface area contributed by atoms with Gasteiger partial charge in [-0.25, -0.2) is 0 Å². The molecule has 0 amide bonds. The Kier molecular flexibility index (Phi) is 19.0. The molecule has 28 heteroatoms. The number of hydrogen-bond donors (Lipinski definition) is 18. The standard InChI is InChI=1S/C49H80O28/c1-46-7-3-8-47(2,24(46)4-9-48-11-12-49(18-48,10-5-25(46)48)77-43-36(66)37(29(59)22(16-53)71-43)73-40(67)33(63)26(56)19(55)6-13-50)45(68)76-44-39(75-42-35(65)32(62)28(58)21(15-52)70-42)38(30(60)23(17-54)72-44)74-41-34(64)31(61)27(57)20(14-51)69-41/h19-25,27-32,34-44,50-67H,3-18H2,1-2H3/b33-26+/t19?,20?,21?,22?,23?,24?,25-,27?,28?,29?,30?,31?,32?,34?,35?,36?,37?,38?,39?,40?,41?,42?,43?,44?,46+,47+,48?,49?/m0/s1. The molecule has 0 aromatic carbocycles. The Morgan fingerprint density at radius 1 is 0.545 bits per heavy atom. The van der Waals surface area contributed by atoms with Gasteiger partial charge >= 0.3 is 5.97 Å². The minimum atomic E-state index is -2.38. The van der Waals surface area contributed by atoms with Crippen LogP contribution >= 0.6 is 0 Å². The lowest BCUT2D eigenvalue weighted by atomic mass is 9.41. The fourth-order valence-corrected chi connectivity index (χ4v) is 14.4. The Hall–Kier alpha value is -2.15. The third-order valence-corrected chi connectivity index (χ3v) is 18.5. The van der Waals surface area contributed by atoms with E-state index in [1.807, 2.05) is 0 Å². The molecule has 2 bridgehead atoms. The predicted octanol–water partition coefficient (Wildman–Crippen LogP) is -5.87. The van der Waals surface area contributed by atoms with Crippen LogP contribution in [0.3, 0.4) is 0 Å². The Bertz CT molecular complexity index is 2020. The van der Waals surface area contributed by atoms with E-state index in [1.165, 1.54) is 0 Å². The molecule has 77 heavy (non-hydrogen) atoms. The molecule has 1 spiro atoms. The first-order valence-electron chi connectivity index (χ1n) is 26.5. The normalized spacial score (nSPS) is 50.2. The second kappa shape index (κ2) is 24.0. The summed E-state index contributed by atoms with van der Waals surface area (Å²) in [6.07, 6.45) is -35.1. The van der Waals surface area contributed by atoms with Gasteiger partial charge < -0.3 is 135 Å². The largest absolute Gasteiger partial charge is 0.506 e. The number of carbonyl (C=O) groups is 1. The van der Waals surface area contributed by atoms with Crippen LogP contribution in [0, 0.1) is 28.1 Å². The Morgan fingerprint density at radius 3 is 1.64 bits per heavy atom. The molecule has 4 aliphatic carbocycles. The molecule has 4 saturated carbocycles. The molecule has 8 aliphatic rings. The average molecular weight is 1120 g/mol. The molecular formula is C49H80O28. The topological polar surface area (TPSA) is 464 Å². The van der Waals surface area contributed by atoms with Crippen LogP contribution in [0.1, 0.15) is 84.5 Å². The lowest BCUT2D eigenvalue weighted by molar-refractivity contribution is -0.389.